The Morgan fingerprint density at radius 1 is 0.471 bits per heavy atom. The average Bonchev–Trinajstić information content (AvgIpc) is 2.35. The summed E-state index contributed by atoms with van der Waals surface area (Å²) in [6.07, 6.45) is 11.9. The summed E-state index contributed by atoms with van der Waals surface area (Å²) in [5.74, 6) is 0. The Kier molecular flexibility index (Phi) is 15.8. The van der Waals surface area contributed by atoms with Crippen LogP contribution in [0.5, 0.6) is 0 Å². The van der Waals surface area contributed by atoms with Crippen molar-refractivity contribution in [1.29, 1.82) is 0 Å². The highest BCUT2D eigenvalue weighted by Crippen LogP contribution is 2.04. The lowest BCUT2D eigenvalue weighted by atomic mass is 10.1. The molecule has 0 bridgehead atoms. The molecule has 0 atom stereocenters. The highest BCUT2D eigenvalue weighted by atomic mass is 16.3. The largest absolute Gasteiger partial charge is 0.396 e. The molecule has 0 fully saturated rings. The summed E-state index contributed by atoms with van der Waals surface area (Å²) < 4.78 is 0. The third kappa shape index (κ3) is 15.9. The molecule has 0 amide bonds. The molecule has 0 aromatic heterocycles. The fourth-order valence-corrected chi connectivity index (χ4v) is 1.91. The third-order valence-electron chi connectivity index (χ3n) is 3.02. The first-order chi connectivity index (χ1) is 8.41. The molecular weight excluding hydrogens is 214 g/mol. The Bertz CT molecular complexity index is 117. The van der Waals surface area contributed by atoms with Crippen molar-refractivity contribution in [3.8, 4) is 0 Å². The first-order valence-electron chi connectivity index (χ1n) is 7.34. The second-order valence-electron chi connectivity index (χ2n) is 4.73. The highest BCUT2D eigenvalue weighted by molar-refractivity contribution is 4.51. The van der Waals surface area contributed by atoms with Gasteiger partial charge in [-0.15, -0.1) is 0 Å². The summed E-state index contributed by atoms with van der Waals surface area (Å²) in [6, 6.07) is 0. The molecule has 0 saturated carbocycles. The minimum absolute atomic E-state index is 0.337. The normalized spacial score (nSPS) is 10.9. The molecule has 0 unspecified atom stereocenters. The molecule has 0 rings (SSSR count). The summed E-state index contributed by atoms with van der Waals surface area (Å²) in [6.45, 7) is 2.94. The molecule has 0 aliphatic rings. The quantitative estimate of drug-likeness (QED) is 0.412. The van der Waals surface area contributed by atoms with Crippen LogP contribution in [-0.2, 0) is 0 Å². The van der Waals surface area contributed by atoms with Gasteiger partial charge in [-0.3, -0.25) is 0 Å². The predicted octanol–water partition coefficient (Wildman–Crippen LogP) is 2.46. The number of rotatable bonds is 14. The summed E-state index contributed by atoms with van der Waals surface area (Å²) in [5, 5.41) is 20.7. The van der Waals surface area contributed by atoms with Gasteiger partial charge in [0.25, 0.3) is 0 Å². The number of hydrogen-bond acceptors (Lipinski definition) is 3. The van der Waals surface area contributed by atoms with Gasteiger partial charge in [0.1, 0.15) is 0 Å². The average molecular weight is 245 g/mol. The van der Waals surface area contributed by atoms with Crippen molar-refractivity contribution in [2.24, 2.45) is 0 Å². The Morgan fingerprint density at radius 2 is 0.824 bits per heavy atom. The summed E-state index contributed by atoms with van der Waals surface area (Å²) >= 11 is 0. The topological polar surface area (TPSA) is 52.5 Å². The van der Waals surface area contributed by atoms with Gasteiger partial charge in [0.2, 0.25) is 0 Å². The van der Waals surface area contributed by atoms with Crippen molar-refractivity contribution in [3.63, 3.8) is 0 Å². The summed E-state index contributed by atoms with van der Waals surface area (Å²) in [4.78, 5) is 0. The number of aliphatic hydroxyl groups excluding tert-OH is 2. The van der Waals surface area contributed by atoms with Crippen molar-refractivity contribution in [3.05, 3.63) is 0 Å². The minimum Gasteiger partial charge on any atom is -0.396 e. The Hall–Kier alpha value is -0.120. The molecule has 104 valence electrons. The van der Waals surface area contributed by atoms with Gasteiger partial charge in [-0.05, 0) is 38.8 Å². The van der Waals surface area contributed by atoms with Crippen molar-refractivity contribution < 1.29 is 10.2 Å². The lowest BCUT2D eigenvalue weighted by molar-refractivity contribution is 0.282. The minimum atomic E-state index is 0.337. The van der Waals surface area contributed by atoms with Crippen molar-refractivity contribution in [2.75, 3.05) is 26.3 Å². The molecule has 0 heterocycles. The monoisotopic (exact) mass is 245 g/mol. The first kappa shape index (κ1) is 16.9. The Balaban J connectivity index is 2.85. The van der Waals surface area contributed by atoms with Gasteiger partial charge in [-0.2, -0.15) is 0 Å². The zero-order chi connectivity index (χ0) is 12.6. The molecule has 0 aliphatic carbocycles. The van der Waals surface area contributed by atoms with E-state index in [0.29, 0.717) is 13.2 Å². The van der Waals surface area contributed by atoms with E-state index in [2.05, 4.69) is 5.32 Å². The van der Waals surface area contributed by atoms with Crippen LogP contribution in [0, 0.1) is 0 Å². The van der Waals surface area contributed by atoms with E-state index in [9.17, 15) is 0 Å². The molecule has 0 aliphatic heterocycles. The maximum absolute atomic E-state index is 8.62. The van der Waals surface area contributed by atoms with Crippen LogP contribution >= 0.6 is 0 Å². The number of hydrogen-bond donors (Lipinski definition) is 3. The van der Waals surface area contributed by atoms with Gasteiger partial charge in [-0.1, -0.05) is 38.5 Å². The van der Waals surface area contributed by atoms with Crippen LogP contribution < -0.4 is 5.32 Å². The van der Waals surface area contributed by atoms with Crippen LogP contribution in [0.15, 0.2) is 0 Å². The van der Waals surface area contributed by atoms with Crippen molar-refractivity contribution in [1.82, 2.24) is 5.32 Å². The molecule has 3 N–H and O–H groups in total. The Morgan fingerprint density at radius 3 is 1.24 bits per heavy atom. The smallest absolute Gasteiger partial charge is 0.0431 e. The molecule has 0 saturated heterocycles. The number of nitrogens with one attached hydrogen (secondary N) is 1. The fraction of sp³-hybridized carbons (Fsp3) is 1.00. The first-order valence-corrected chi connectivity index (χ1v) is 7.34. The van der Waals surface area contributed by atoms with Crippen molar-refractivity contribution >= 4 is 0 Å². The molecule has 0 radical (unpaired) electrons. The van der Waals surface area contributed by atoms with E-state index in [4.69, 9.17) is 10.2 Å². The van der Waals surface area contributed by atoms with E-state index >= 15 is 0 Å². The lowest BCUT2D eigenvalue weighted by Gasteiger charge is -2.04. The van der Waals surface area contributed by atoms with Crippen LogP contribution in [0.1, 0.15) is 64.2 Å². The maximum Gasteiger partial charge on any atom is 0.0431 e. The Labute approximate surface area is 107 Å². The van der Waals surface area contributed by atoms with Crippen LogP contribution in [-0.4, -0.2) is 36.5 Å². The van der Waals surface area contributed by atoms with Crippen LogP contribution in [0.2, 0.25) is 0 Å². The zero-order valence-corrected chi connectivity index (χ0v) is 11.3. The van der Waals surface area contributed by atoms with Gasteiger partial charge in [0.05, 0.1) is 0 Å². The molecule has 3 heteroatoms. The number of aliphatic hydroxyl groups is 2. The van der Waals surface area contributed by atoms with Gasteiger partial charge in [0, 0.05) is 13.2 Å². The van der Waals surface area contributed by atoms with E-state index in [0.717, 1.165) is 32.4 Å². The van der Waals surface area contributed by atoms with E-state index in [1.807, 2.05) is 0 Å². The third-order valence-corrected chi connectivity index (χ3v) is 3.02. The van der Waals surface area contributed by atoms with Crippen LogP contribution in [0.3, 0.4) is 0 Å². The maximum atomic E-state index is 8.62. The van der Waals surface area contributed by atoms with Gasteiger partial charge in [-0.25, -0.2) is 0 Å². The van der Waals surface area contributed by atoms with E-state index in [1.54, 1.807) is 0 Å². The summed E-state index contributed by atoms with van der Waals surface area (Å²) in [5.41, 5.74) is 0. The van der Waals surface area contributed by atoms with E-state index in [1.165, 1.54) is 44.9 Å². The van der Waals surface area contributed by atoms with E-state index < -0.39 is 0 Å². The summed E-state index contributed by atoms with van der Waals surface area (Å²) in [7, 11) is 0. The molecule has 3 nitrogen and oxygen atoms in total. The standard InChI is InChI=1S/C14H31NO2/c16-13-9-5-2-1-3-7-11-15-12-8-4-6-10-14-17/h15-17H,1-14H2. The lowest BCUT2D eigenvalue weighted by Crippen LogP contribution is -2.16. The van der Waals surface area contributed by atoms with Gasteiger partial charge < -0.3 is 15.5 Å². The van der Waals surface area contributed by atoms with Gasteiger partial charge in [0.15, 0.2) is 0 Å². The molecule has 0 spiro atoms. The SMILES string of the molecule is OCCCCCCCCNCCCCCCO. The fourth-order valence-electron chi connectivity index (χ4n) is 1.91. The highest BCUT2D eigenvalue weighted by Gasteiger charge is 1.92. The molecule has 0 aromatic rings. The zero-order valence-electron chi connectivity index (χ0n) is 11.3. The van der Waals surface area contributed by atoms with Crippen LogP contribution in [0.25, 0.3) is 0 Å². The van der Waals surface area contributed by atoms with E-state index in [-0.39, 0.29) is 0 Å². The van der Waals surface area contributed by atoms with Gasteiger partial charge >= 0.3 is 0 Å². The molecule has 0 aromatic carbocycles. The second-order valence-corrected chi connectivity index (χ2v) is 4.73. The van der Waals surface area contributed by atoms with Crippen LogP contribution in [0.4, 0.5) is 0 Å². The molecular formula is C14H31NO2. The number of unbranched alkanes of at least 4 members (excludes halogenated alkanes) is 8. The molecule has 17 heavy (non-hydrogen) atoms. The predicted molar refractivity (Wildman–Crippen MR) is 73.2 cm³/mol. The van der Waals surface area contributed by atoms with Crippen molar-refractivity contribution in [2.45, 2.75) is 64.2 Å². The second kappa shape index (κ2) is 15.9.